The molecule has 0 fully saturated rings. The molecule has 120 valence electrons. The molecule has 0 N–H and O–H groups in total. The Balaban J connectivity index is 1.93. The molecular formula is C19H20O4. The zero-order valence-corrected chi connectivity index (χ0v) is 13.2. The van der Waals surface area contributed by atoms with Gasteiger partial charge in [-0.25, -0.2) is 0 Å². The van der Waals surface area contributed by atoms with Crippen LogP contribution in [-0.4, -0.2) is 26.6 Å². The van der Waals surface area contributed by atoms with Gasteiger partial charge < -0.3 is 14.2 Å². The number of hydrogen-bond donors (Lipinski definition) is 0. The topological polar surface area (TPSA) is 44.8 Å². The number of benzene rings is 2. The molecule has 0 radical (unpaired) electrons. The number of methoxy groups -OCH3 is 1. The first-order valence-corrected chi connectivity index (χ1v) is 7.36. The highest BCUT2D eigenvalue weighted by molar-refractivity contribution is 5.76. The molecule has 0 aliphatic carbocycles. The number of hydrogen-bond acceptors (Lipinski definition) is 4. The molecule has 2 aromatic rings. The van der Waals surface area contributed by atoms with Crippen molar-refractivity contribution in [2.45, 2.75) is 6.42 Å². The van der Waals surface area contributed by atoms with Crippen LogP contribution in [0.3, 0.4) is 0 Å². The summed E-state index contributed by atoms with van der Waals surface area (Å²) in [7, 11) is 1.56. The van der Waals surface area contributed by atoms with E-state index in [4.69, 9.17) is 14.2 Å². The minimum absolute atomic E-state index is 0.348. The molecule has 2 rings (SSSR count). The largest absolute Gasteiger partial charge is 0.493 e. The lowest BCUT2D eigenvalue weighted by atomic mass is 10.1. The minimum atomic E-state index is 0.348. The van der Waals surface area contributed by atoms with Crippen molar-refractivity contribution in [1.82, 2.24) is 0 Å². The van der Waals surface area contributed by atoms with Gasteiger partial charge >= 0.3 is 0 Å². The SMILES string of the molecule is C=CCc1ccccc1OCCOc1cc(C=O)ccc1OC. The van der Waals surface area contributed by atoms with Gasteiger partial charge in [-0.1, -0.05) is 24.3 Å². The maximum absolute atomic E-state index is 10.8. The highest BCUT2D eigenvalue weighted by atomic mass is 16.5. The highest BCUT2D eigenvalue weighted by Crippen LogP contribution is 2.27. The first-order chi connectivity index (χ1) is 11.3. The van der Waals surface area contributed by atoms with Gasteiger partial charge in [-0.15, -0.1) is 6.58 Å². The summed E-state index contributed by atoms with van der Waals surface area (Å²) < 4.78 is 16.6. The fourth-order valence-electron chi connectivity index (χ4n) is 2.15. The smallest absolute Gasteiger partial charge is 0.162 e. The molecule has 0 aliphatic heterocycles. The van der Waals surface area contributed by atoms with E-state index in [1.807, 2.05) is 30.3 Å². The molecule has 4 nitrogen and oxygen atoms in total. The Kier molecular flexibility index (Phi) is 6.24. The van der Waals surface area contributed by atoms with E-state index >= 15 is 0 Å². The third kappa shape index (κ3) is 4.61. The summed E-state index contributed by atoms with van der Waals surface area (Å²) in [6, 6.07) is 12.9. The van der Waals surface area contributed by atoms with Crippen LogP contribution in [-0.2, 0) is 6.42 Å². The Labute approximate surface area is 136 Å². The summed E-state index contributed by atoms with van der Waals surface area (Å²) >= 11 is 0. The van der Waals surface area contributed by atoms with Gasteiger partial charge in [-0.2, -0.15) is 0 Å². The lowest BCUT2D eigenvalue weighted by molar-refractivity contribution is 0.112. The van der Waals surface area contributed by atoms with E-state index in [0.717, 1.165) is 24.0 Å². The van der Waals surface area contributed by atoms with E-state index in [1.54, 1.807) is 25.3 Å². The summed E-state index contributed by atoms with van der Waals surface area (Å²) in [5.41, 5.74) is 1.63. The van der Waals surface area contributed by atoms with Gasteiger partial charge in [0.1, 0.15) is 25.2 Å². The average molecular weight is 312 g/mol. The van der Waals surface area contributed by atoms with Crippen LogP contribution in [0, 0.1) is 0 Å². The third-order valence-corrected chi connectivity index (χ3v) is 3.26. The number of carbonyl (C=O) groups is 1. The monoisotopic (exact) mass is 312 g/mol. The van der Waals surface area contributed by atoms with Gasteiger partial charge in [0.05, 0.1) is 7.11 Å². The zero-order valence-electron chi connectivity index (χ0n) is 13.2. The van der Waals surface area contributed by atoms with Crippen LogP contribution in [0.25, 0.3) is 0 Å². The second-order valence-electron chi connectivity index (χ2n) is 4.83. The van der Waals surface area contributed by atoms with Crippen LogP contribution in [0.5, 0.6) is 17.2 Å². The summed E-state index contributed by atoms with van der Waals surface area (Å²) in [5, 5.41) is 0. The molecule has 0 aromatic heterocycles. The molecule has 23 heavy (non-hydrogen) atoms. The summed E-state index contributed by atoms with van der Waals surface area (Å²) in [6.07, 6.45) is 3.37. The predicted octanol–water partition coefficient (Wildman–Crippen LogP) is 3.69. The van der Waals surface area contributed by atoms with E-state index in [2.05, 4.69) is 6.58 Å². The number of para-hydroxylation sites is 1. The molecule has 0 saturated heterocycles. The maximum atomic E-state index is 10.8. The Morgan fingerprint density at radius 1 is 1.00 bits per heavy atom. The van der Waals surface area contributed by atoms with Crippen molar-refractivity contribution in [3.8, 4) is 17.2 Å². The quantitative estimate of drug-likeness (QED) is 0.402. The predicted molar refractivity (Wildman–Crippen MR) is 89.7 cm³/mol. The Hall–Kier alpha value is -2.75. The maximum Gasteiger partial charge on any atom is 0.162 e. The molecular weight excluding hydrogens is 292 g/mol. The van der Waals surface area contributed by atoms with E-state index in [0.29, 0.717) is 30.3 Å². The summed E-state index contributed by atoms with van der Waals surface area (Å²) in [5.74, 6) is 1.94. The molecule has 0 spiro atoms. The Bertz CT molecular complexity index is 664. The van der Waals surface area contributed by atoms with Gasteiger partial charge in [0, 0.05) is 5.56 Å². The second kappa shape index (κ2) is 8.63. The van der Waals surface area contributed by atoms with Gasteiger partial charge in [0.2, 0.25) is 0 Å². The lowest BCUT2D eigenvalue weighted by Gasteiger charge is -2.13. The third-order valence-electron chi connectivity index (χ3n) is 3.26. The van der Waals surface area contributed by atoms with Crippen molar-refractivity contribution in [3.05, 3.63) is 66.2 Å². The minimum Gasteiger partial charge on any atom is -0.493 e. The van der Waals surface area contributed by atoms with Crippen molar-refractivity contribution in [2.75, 3.05) is 20.3 Å². The average Bonchev–Trinajstić information content (AvgIpc) is 2.60. The lowest BCUT2D eigenvalue weighted by Crippen LogP contribution is -2.10. The Morgan fingerprint density at radius 2 is 1.74 bits per heavy atom. The van der Waals surface area contributed by atoms with Crippen LogP contribution in [0.15, 0.2) is 55.1 Å². The molecule has 0 saturated carbocycles. The fraction of sp³-hybridized carbons (Fsp3) is 0.211. The van der Waals surface area contributed by atoms with E-state index in [-0.39, 0.29) is 0 Å². The zero-order chi connectivity index (χ0) is 16.5. The summed E-state index contributed by atoms with van der Waals surface area (Å²) in [4.78, 5) is 10.8. The van der Waals surface area contributed by atoms with Crippen molar-refractivity contribution < 1.29 is 19.0 Å². The van der Waals surface area contributed by atoms with Crippen LogP contribution in [0.4, 0.5) is 0 Å². The molecule has 0 amide bonds. The van der Waals surface area contributed by atoms with Crippen LogP contribution < -0.4 is 14.2 Å². The summed E-state index contributed by atoms with van der Waals surface area (Å²) in [6.45, 7) is 4.49. The molecule has 0 heterocycles. The molecule has 4 heteroatoms. The van der Waals surface area contributed by atoms with Gasteiger partial charge in [-0.3, -0.25) is 4.79 Å². The molecule has 0 aliphatic rings. The fourth-order valence-corrected chi connectivity index (χ4v) is 2.15. The number of ether oxygens (including phenoxy) is 3. The van der Waals surface area contributed by atoms with Crippen LogP contribution >= 0.6 is 0 Å². The molecule has 2 aromatic carbocycles. The number of rotatable bonds is 9. The van der Waals surface area contributed by atoms with Gasteiger partial charge in [0.25, 0.3) is 0 Å². The van der Waals surface area contributed by atoms with Crippen molar-refractivity contribution in [1.29, 1.82) is 0 Å². The van der Waals surface area contributed by atoms with Gasteiger partial charge in [0.15, 0.2) is 11.5 Å². The molecule has 0 unspecified atom stereocenters. The van der Waals surface area contributed by atoms with Crippen LogP contribution in [0.1, 0.15) is 15.9 Å². The van der Waals surface area contributed by atoms with Crippen molar-refractivity contribution in [3.63, 3.8) is 0 Å². The molecule has 0 atom stereocenters. The van der Waals surface area contributed by atoms with E-state index in [9.17, 15) is 4.79 Å². The standard InChI is InChI=1S/C19H20O4/c1-3-6-16-7-4-5-8-17(16)22-11-12-23-19-13-15(14-20)9-10-18(19)21-2/h3-5,7-10,13-14H,1,6,11-12H2,2H3. The Morgan fingerprint density at radius 3 is 2.43 bits per heavy atom. The number of aldehydes is 1. The first kappa shape index (κ1) is 16.6. The second-order valence-corrected chi connectivity index (χ2v) is 4.83. The van der Waals surface area contributed by atoms with Gasteiger partial charge in [-0.05, 0) is 36.2 Å². The van der Waals surface area contributed by atoms with E-state index in [1.165, 1.54) is 0 Å². The van der Waals surface area contributed by atoms with Crippen LogP contribution in [0.2, 0.25) is 0 Å². The van der Waals surface area contributed by atoms with Crippen molar-refractivity contribution >= 4 is 6.29 Å². The molecule has 0 bridgehead atoms. The first-order valence-electron chi connectivity index (χ1n) is 7.36. The number of allylic oxidation sites excluding steroid dienone is 1. The van der Waals surface area contributed by atoms with Crippen molar-refractivity contribution in [2.24, 2.45) is 0 Å². The normalized spacial score (nSPS) is 9.96. The number of carbonyl (C=O) groups excluding carboxylic acids is 1. The highest BCUT2D eigenvalue weighted by Gasteiger charge is 2.06. The van der Waals surface area contributed by atoms with E-state index < -0.39 is 0 Å².